The third-order valence-corrected chi connectivity index (χ3v) is 5.64. The van der Waals surface area contributed by atoms with E-state index in [1.54, 1.807) is 37.8 Å². The maximum absolute atomic E-state index is 13.3. The standard InChI is InChI=1S/C24H26N4O4/c1-30-20-12-18(13-21(31-2)22(20)32-3)24(29)28-11-5-7-17(15-28)19-8-10-26-23(27-19)16-6-4-9-25-14-16/h4,6,8-10,12-14,17H,5,7,11,15H2,1-3H3/t17-/m1/s1. The lowest BCUT2D eigenvalue weighted by Crippen LogP contribution is -2.39. The summed E-state index contributed by atoms with van der Waals surface area (Å²) in [5, 5.41) is 0. The van der Waals surface area contributed by atoms with E-state index in [2.05, 4.69) is 9.97 Å². The lowest BCUT2D eigenvalue weighted by molar-refractivity contribution is 0.0705. The minimum atomic E-state index is -0.0736. The summed E-state index contributed by atoms with van der Waals surface area (Å²) in [6.07, 6.45) is 7.10. The zero-order valence-corrected chi connectivity index (χ0v) is 18.4. The van der Waals surface area contributed by atoms with E-state index in [0.29, 0.717) is 41.7 Å². The first kappa shape index (κ1) is 21.5. The second-order valence-corrected chi connectivity index (χ2v) is 7.55. The number of rotatable bonds is 6. The Hall–Kier alpha value is -3.68. The zero-order valence-electron chi connectivity index (χ0n) is 18.4. The van der Waals surface area contributed by atoms with Crippen LogP contribution in [0.3, 0.4) is 0 Å². The van der Waals surface area contributed by atoms with Crippen LogP contribution in [0.4, 0.5) is 0 Å². The van der Waals surface area contributed by atoms with Crippen molar-refractivity contribution >= 4 is 5.91 Å². The largest absolute Gasteiger partial charge is 0.493 e. The molecule has 166 valence electrons. The molecule has 0 unspecified atom stereocenters. The number of amides is 1. The van der Waals surface area contributed by atoms with Crippen LogP contribution in [0.15, 0.2) is 48.9 Å². The van der Waals surface area contributed by atoms with Crippen molar-refractivity contribution in [3.63, 3.8) is 0 Å². The summed E-state index contributed by atoms with van der Waals surface area (Å²) in [4.78, 5) is 28.5. The Kier molecular flexibility index (Phi) is 6.49. The highest BCUT2D eigenvalue weighted by molar-refractivity contribution is 5.95. The monoisotopic (exact) mass is 434 g/mol. The molecule has 0 bridgehead atoms. The van der Waals surface area contributed by atoms with E-state index >= 15 is 0 Å². The average molecular weight is 434 g/mol. The number of hydrogen-bond acceptors (Lipinski definition) is 7. The molecule has 1 saturated heterocycles. The van der Waals surface area contributed by atoms with Gasteiger partial charge in [-0.05, 0) is 43.2 Å². The molecule has 0 spiro atoms. The van der Waals surface area contributed by atoms with Crippen LogP contribution in [-0.4, -0.2) is 60.2 Å². The van der Waals surface area contributed by atoms with Gasteiger partial charge in [0.1, 0.15) is 0 Å². The van der Waals surface area contributed by atoms with E-state index in [4.69, 9.17) is 19.2 Å². The van der Waals surface area contributed by atoms with Crippen molar-refractivity contribution in [2.75, 3.05) is 34.4 Å². The van der Waals surface area contributed by atoms with Gasteiger partial charge in [0.2, 0.25) is 5.75 Å². The quantitative estimate of drug-likeness (QED) is 0.586. The van der Waals surface area contributed by atoms with E-state index in [0.717, 1.165) is 24.1 Å². The predicted molar refractivity (Wildman–Crippen MR) is 119 cm³/mol. The maximum Gasteiger partial charge on any atom is 0.254 e. The zero-order chi connectivity index (χ0) is 22.5. The van der Waals surface area contributed by atoms with Gasteiger partial charge in [0.05, 0.1) is 21.3 Å². The summed E-state index contributed by atoms with van der Waals surface area (Å²) in [6, 6.07) is 9.12. The first-order chi connectivity index (χ1) is 15.6. The van der Waals surface area contributed by atoms with Gasteiger partial charge >= 0.3 is 0 Å². The highest BCUT2D eigenvalue weighted by Gasteiger charge is 2.28. The van der Waals surface area contributed by atoms with Gasteiger partial charge in [-0.1, -0.05) is 0 Å². The molecule has 8 heteroatoms. The smallest absolute Gasteiger partial charge is 0.254 e. The fourth-order valence-corrected chi connectivity index (χ4v) is 4.02. The summed E-state index contributed by atoms with van der Waals surface area (Å²) < 4.78 is 16.2. The Balaban J connectivity index is 1.57. The molecule has 3 heterocycles. The van der Waals surface area contributed by atoms with Gasteiger partial charge in [-0.3, -0.25) is 9.78 Å². The van der Waals surface area contributed by atoms with E-state index in [-0.39, 0.29) is 11.8 Å². The summed E-state index contributed by atoms with van der Waals surface area (Å²) in [5.41, 5.74) is 2.30. The molecule has 8 nitrogen and oxygen atoms in total. The maximum atomic E-state index is 13.3. The lowest BCUT2D eigenvalue weighted by atomic mass is 9.94. The predicted octanol–water partition coefficient (Wildman–Crippen LogP) is 3.58. The van der Waals surface area contributed by atoms with E-state index in [1.807, 2.05) is 23.1 Å². The van der Waals surface area contributed by atoms with E-state index in [9.17, 15) is 4.79 Å². The summed E-state index contributed by atoms with van der Waals surface area (Å²) >= 11 is 0. The van der Waals surface area contributed by atoms with Crippen LogP contribution in [0.25, 0.3) is 11.4 Å². The number of nitrogens with zero attached hydrogens (tertiary/aromatic N) is 4. The topological polar surface area (TPSA) is 86.7 Å². The highest BCUT2D eigenvalue weighted by atomic mass is 16.5. The first-order valence-corrected chi connectivity index (χ1v) is 10.5. The van der Waals surface area contributed by atoms with E-state index < -0.39 is 0 Å². The first-order valence-electron chi connectivity index (χ1n) is 10.5. The molecule has 4 rings (SSSR count). The van der Waals surface area contributed by atoms with Crippen LogP contribution in [0.1, 0.15) is 34.8 Å². The Morgan fingerprint density at radius 3 is 2.50 bits per heavy atom. The average Bonchev–Trinajstić information content (AvgIpc) is 2.88. The fourth-order valence-electron chi connectivity index (χ4n) is 4.02. The number of carbonyl (C=O) groups is 1. The molecule has 1 atom stereocenters. The number of aromatic nitrogens is 3. The van der Waals surface area contributed by atoms with Crippen molar-refractivity contribution in [2.24, 2.45) is 0 Å². The Bertz CT molecular complexity index is 1070. The van der Waals surface area contributed by atoms with Crippen LogP contribution in [-0.2, 0) is 0 Å². The molecule has 0 aliphatic carbocycles. The highest BCUT2D eigenvalue weighted by Crippen LogP contribution is 2.39. The van der Waals surface area contributed by atoms with E-state index in [1.165, 1.54) is 14.2 Å². The number of likely N-dealkylation sites (tertiary alicyclic amines) is 1. The number of piperidine rings is 1. The molecule has 0 N–H and O–H groups in total. The number of pyridine rings is 1. The minimum Gasteiger partial charge on any atom is -0.493 e. The Morgan fingerprint density at radius 1 is 1.06 bits per heavy atom. The third kappa shape index (κ3) is 4.34. The van der Waals surface area contributed by atoms with Crippen LogP contribution >= 0.6 is 0 Å². The fraction of sp³-hybridized carbons (Fsp3) is 0.333. The summed E-state index contributed by atoms with van der Waals surface area (Å²) in [6.45, 7) is 1.27. The van der Waals surface area contributed by atoms with Gasteiger partial charge < -0.3 is 19.1 Å². The number of methoxy groups -OCH3 is 3. The molecule has 1 aromatic carbocycles. The number of hydrogen-bond donors (Lipinski definition) is 0. The second kappa shape index (κ2) is 9.64. The number of benzene rings is 1. The molecular formula is C24H26N4O4. The number of carbonyl (C=O) groups excluding carboxylic acids is 1. The summed E-state index contributed by atoms with van der Waals surface area (Å²) in [5.74, 6) is 2.08. The minimum absolute atomic E-state index is 0.0736. The molecule has 1 amide bonds. The van der Waals surface area contributed by atoms with Crippen molar-refractivity contribution in [1.29, 1.82) is 0 Å². The second-order valence-electron chi connectivity index (χ2n) is 7.55. The normalized spacial score (nSPS) is 15.8. The van der Waals surface area contributed by atoms with Crippen molar-refractivity contribution < 1.29 is 19.0 Å². The number of ether oxygens (including phenoxy) is 3. The molecule has 32 heavy (non-hydrogen) atoms. The van der Waals surface area contributed by atoms with Crippen LogP contribution in [0, 0.1) is 0 Å². The van der Waals surface area contributed by atoms with Crippen LogP contribution in [0.5, 0.6) is 17.2 Å². The van der Waals surface area contributed by atoms with Gasteiger partial charge in [0.25, 0.3) is 5.91 Å². The van der Waals surface area contributed by atoms with Gasteiger partial charge in [0, 0.05) is 54.4 Å². The lowest BCUT2D eigenvalue weighted by Gasteiger charge is -2.33. The summed E-state index contributed by atoms with van der Waals surface area (Å²) in [7, 11) is 4.62. The van der Waals surface area contributed by atoms with Crippen molar-refractivity contribution in [3.05, 3.63) is 60.2 Å². The Labute approximate surface area is 187 Å². The molecule has 3 aromatic rings. The molecular weight excluding hydrogens is 408 g/mol. The molecule has 0 radical (unpaired) electrons. The SMILES string of the molecule is COc1cc(C(=O)N2CCC[C@@H](c3ccnc(-c4cccnc4)n3)C2)cc(OC)c1OC. The van der Waals surface area contributed by atoms with Gasteiger partial charge in [-0.15, -0.1) is 0 Å². The molecule has 1 aliphatic heterocycles. The third-order valence-electron chi connectivity index (χ3n) is 5.64. The van der Waals surface area contributed by atoms with Crippen molar-refractivity contribution in [3.8, 4) is 28.6 Å². The van der Waals surface area contributed by atoms with Gasteiger partial charge in [0.15, 0.2) is 17.3 Å². The van der Waals surface area contributed by atoms with Crippen LogP contribution in [0.2, 0.25) is 0 Å². The van der Waals surface area contributed by atoms with Crippen molar-refractivity contribution in [1.82, 2.24) is 19.9 Å². The van der Waals surface area contributed by atoms with Gasteiger partial charge in [-0.25, -0.2) is 9.97 Å². The molecule has 2 aromatic heterocycles. The molecule has 1 aliphatic rings. The van der Waals surface area contributed by atoms with Crippen LogP contribution < -0.4 is 14.2 Å². The van der Waals surface area contributed by atoms with Crippen molar-refractivity contribution in [2.45, 2.75) is 18.8 Å². The Morgan fingerprint density at radius 2 is 1.84 bits per heavy atom. The van der Waals surface area contributed by atoms with Gasteiger partial charge in [-0.2, -0.15) is 0 Å². The molecule has 0 saturated carbocycles. The molecule has 1 fully saturated rings.